The Hall–Kier alpha value is -5.44. The molecular formula is C42H29NS. The summed E-state index contributed by atoms with van der Waals surface area (Å²) in [5.41, 5.74) is 10.8. The number of rotatable bonds is 6. The zero-order valence-electron chi connectivity index (χ0n) is 24.1. The van der Waals surface area contributed by atoms with Crippen LogP contribution in [-0.2, 0) is 0 Å². The fourth-order valence-corrected chi connectivity index (χ4v) is 7.21. The van der Waals surface area contributed by atoms with Crippen molar-refractivity contribution in [3.8, 4) is 33.4 Å². The second kappa shape index (κ2) is 11.3. The molecule has 0 fully saturated rings. The lowest BCUT2D eigenvalue weighted by atomic mass is 10.0. The van der Waals surface area contributed by atoms with Crippen LogP contribution < -0.4 is 4.90 Å². The van der Waals surface area contributed by atoms with Crippen LogP contribution in [0.2, 0.25) is 0 Å². The Morgan fingerprint density at radius 3 is 1.32 bits per heavy atom. The van der Waals surface area contributed by atoms with E-state index in [0.717, 1.165) is 11.4 Å². The van der Waals surface area contributed by atoms with Gasteiger partial charge in [0.1, 0.15) is 0 Å². The maximum Gasteiger partial charge on any atom is 0.0554 e. The standard InChI is InChI=1S/C42H29NS/c1-4-11-30(12-5-1)33-19-24-36(25-20-33)43(37-26-21-34(22-27-37)31-13-6-2-7-14-31)39-17-10-18-41-42(39)38-29-35(23-28-40(38)44-41)32-15-8-3-9-16-32/h1-29H. The van der Waals surface area contributed by atoms with Crippen LogP contribution in [0.5, 0.6) is 0 Å². The molecule has 0 spiro atoms. The molecule has 0 aliphatic carbocycles. The molecule has 8 aromatic rings. The van der Waals surface area contributed by atoms with Gasteiger partial charge in [-0.3, -0.25) is 0 Å². The van der Waals surface area contributed by atoms with Gasteiger partial charge >= 0.3 is 0 Å². The van der Waals surface area contributed by atoms with Crippen molar-refractivity contribution in [2.75, 3.05) is 4.90 Å². The van der Waals surface area contributed by atoms with Crippen LogP contribution >= 0.6 is 11.3 Å². The molecule has 1 aromatic heterocycles. The van der Waals surface area contributed by atoms with Crippen LogP contribution in [0.3, 0.4) is 0 Å². The first-order valence-corrected chi connectivity index (χ1v) is 15.8. The van der Waals surface area contributed by atoms with E-state index >= 15 is 0 Å². The summed E-state index contributed by atoms with van der Waals surface area (Å²) in [5.74, 6) is 0. The minimum atomic E-state index is 1.13. The number of hydrogen-bond acceptors (Lipinski definition) is 2. The van der Waals surface area contributed by atoms with Gasteiger partial charge in [-0.05, 0) is 81.9 Å². The highest BCUT2D eigenvalue weighted by Crippen LogP contribution is 2.46. The maximum atomic E-state index is 2.41. The van der Waals surface area contributed by atoms with E-state index in [0.29, 0.717) is 0 Å². The predicted octanol–water partition coefficient (Wildman–Crippen LogP) is 12.5. The van der Waals surface area contributed by atoms with E-state index < -0.39 is 0 Å². The van der Waals surface area contributed by atoms with E-state index in [4.69, 9.17) is 0 Å². The molecule has 8 rings (SSSR count). The van der Waals surface area contributed by atoms with E-state index in [-0.39, 0.29) is 0 Å². The summed E-state index contributed by atoms with van der Waals surface area (Å²) in [4.78, 5) is 2.41. The monoisotopic (exact) mass is 579 g/mol. The van der Waals surface area contributed by atoms with Crippen molar-refractivity contribution < 1.29 is 0 Å². The van der Waals surface area contributed by atoms with Crippen LogP contribution in [0.25, 0.3) is 53.6 Å². The van der Waals surface area contributed by atoms with E-state index in [2.05, 4.69) is 181 Å². The van der Waals surface area contributed by atoms with Crippen molar-refractivity contribution in [2.24, 2.45) is 0 Å². The quantitative estimate of drug-likeness (QED) is 0.189. The van der Waals surface area contributed by atoms with E-state index in [1.54, 1.807) is 0 Å². The molecule has 0 saturated heterocycles. The normalized spacial score (nSPS) is 11.2. The summed E-state index contributed by atoms with van der Waals surface area (Å²) in [6, 6.07) is 63.3. The van der Waals surface area contributed by atoms with E-state index in [9.17, 15) is 0 Å². The molecule has 2 heteroatoms. The van der Waals surface area contributed by atoms with Crippen LogP contribution in [-0.4, -0.2) is 0 Å². The lowest BCUT2D eigenvalue weighted by Crippen LogP contribution is -2.10. The number of benzene rings is 7. The van der Waals surface area contributed by atoms with Crippen LogP contribution in [0, 0.1) is 0 Å². The average Bonchev–Trinajstić information content (AvgIpc) is 3.49. The molecule has 7 aromatic carbocycles. The molecule has 0 radical (unpaired) electrons. The molecule has 1 heterocycles. The third-order valence-electron chi connectivity index (χ3n) is 8.29. The van der Waals surface area contributed by atoms with Gasteiger partial charge in [0.15, 0.2) is 0 Å². The summed E-state index contributed by atoms with van der Waals surface area (Å²) in [7, 11) is 0. The van der Waals surface area contributed by atoms with Gasteiger partial charge in [0, 0.05) is 31.5 Å². The first-order chi connectivity index (χ1) is 21.8. The van der Waals surface area contributed by atoms with Crippen molar-refractivity contribution in [1.29, 1.82) is 0 Å². The summed E-state index contributed by atoms with van der Waals surface area (Å²) in [6.45, 7) is 0. The molecule has 0 saturated carbocycles. The fourth-order valence-electron chi connectivity index (χ4n) is 6.10. The smallest absolute Gasteiger partial charge is 0.0554 e. The van der Waals surface area contributed by atoms with Crippen molar-refractivity contribution >= 4 is 48.6 Å². The molecule has 44 heavy (non-hydrogen) atoms. The number of fused-ring (bicyclic) bond motifs is 3. The number of nitrogens with zero attached hydrogens (tertiary/aromatic N) is 1. The topological polar surface area (TPSA) is 3.24 Å². The molecule has 0 N–H and O–H groups in total. The van der Waals surface area contributed by atoms with Gasteiger partial charge in [0.2, 0.25) is 0 Å². The predicted molar refractivity (Wildman–Crippen MR) is 190 cm³/mol. The zero-order chi connectivity index (χ0) is 29.3. The van der Waals surface area contributed by atoms with Gasteiger partial charge in [0.25, 0.3) is 0 Å². The highest BCUT2D eigenvalue weighted by atomic mass is 32.1. The third kappa shape index (κ3) is 4.86. The highest BCUT2D eigenvalue weighted by Gasteiger charge is 2.19. The summed E-state index contributed by atoms with van der Waals surface area (Å²) in [5, 5.41) is 2.57. The van der Waals surface area contributed by atoms with Gasteiger partial charge in [0.05, 0.1) is 5.69 Å². The number of thiophene rings is 1. The van der Waals surface area contributed by atoms with Gasteiger partial charge in [-0.15, -0.1) is 11.3 Å². The Balaban J connectivity index is 1.31. The zero-order valence-corrected chi connectivity index (χ0v) is 24.9. The Morgan fingerprint density at radius 1 is 0.341 bits per heavy atom. The molecule has 0 amide bonds. The molecule has 0 bridgehead atoms. The molecule has 0 aliphatic heterocycles. The Labute approximate surface area is 261 Å². The van der Waals surface area contributed by atoms with Gasteiger partial charge in [-0.25, -0.2) is 0 Å². The van der Waals surface area contributed by atoms with Crippen molar-refractivity contribution in [3.05, 3.63) is 176 Å². The Morgan fingerprint density at radius 2 is 0.795 bits per heavy atom. The lowest BCUT2D eigenvalue weighted by Gasteiger charge is -2.27. The van der Waals surface area contributed by atoms with Crippen molar-refractivity contribution in [3.63, 3.8) is 0 Å². The average molecular weight is 580 g/mol. The molecule has 208 valence electrons. The summed E-state index contributed by atoms with van der Waals surface area (Å²) in [6.07, 6.45) is 0. The van der Waals surface area contributed by atoms with E-state index in [1.165, 1.54) is 59.2 Å². The maximum absolute atomic E-state index is 2.41. The van der Waals surface area contributed by atoms with Crippen molar-refractivity contribution in [2.45, 2.75) is 0 Å². The SMILES string of the molecule is c1ccc(-c2ccc(N(c3ccc(-c4ccccc4)cc3)c3cccc4sc5ccc(-c6ccccc6)cc5c34)cc2)cc1. The Kier molecular flexibility index (Phi) is 6.75. The third-order valence-corrected chi connectivity index (χ3v) is 9.42. The minimum absolute atomic E-state index is 1.13. The first kappa shape index (κ1) is 26.2. The minimum Gasteiger partial charge on any atom is -0.310 e. The first-order valence-electron chi connectivity index (χ1n) is 14.9. The second-order valence-corrected chi connectivity index (χ2v) is 12.1. The van der Waals surface area contributed by atoms with Gasteiger partial charge in [-0.2, -0.15) is 0 Å². The van der Waals surface area contributed by atoms with Gasteiger partial charge in [-0.1, -0.05) is 127 Å². The molecule has 0 unspecified atom stereocenters. The molecule has 0 atom stereocenters. The molecular weight excluding hydrogens is 551 g/mol. The van der Waals surface area contributed by atoms with Crippen LogP contribution in [0.15, 0.2) is 176 Å². The van der Waals surface area contributed by atoms with Crippen molar-refractivity contribution in [1.82, 2.24) is 0 Å². The molecule has 1 nitrogen and oxygen atoms in total. The summed E-state index contributed by atoms with van der Waals surface area (Å²) < 4.78 is 2.58. The fraction of sp³-hybridized carbons (Fsp3) is 0. The highest BCUT2D eigenvalue weighted by molar-refractivity contribution is 7.26. The lowest BCUT2D eigenvalue weighted by molar-refractivity contribution is 1.30. The van der Waals surface area contributed by atoms with Crippen LogP contribution in [0.4, 0.5) is 17.1 Å². The number of anilines is 3. The largest absolute Gasteiger partial charge is 0.310 e. The Bertz CT molecular complexity index is 2100. The summed E-state index contributed by atoms with van der Waals surface area (Å²) >= 11 is 1.86. The second-order valence-electron chi connectivity index (χ2n) is 11.0. The van der Waals surface area contributed by atoms with E-state index in [1.807, 2.05) is 11.3 Å². The van der Waals surface area contributed by atoms with Crippen LogP contribution in [0.1, 0.15) is 0 Å². The van der Waals surface area contributed by atoms with Gasteiger partial charge < -0.3 is 4.90 Å². The molecule has 0 aliphatic rings. The number of hydrogen-bond donors (Lipinski definition) is 0.